The standard InChI is InChI=1S/C31H38ClN3O4S/c1-5-20-33-31(37)29(6-2)34(21-24-12-16-26(32)17-13-24)30(36)22-35(27-18-14-25(15-19-27)23(3)4)40(38,39)28-10-8-7-9-11-28/h7-19,23,29H,5-6,20-22H2,1-4H3,(H,33,37). The second-order valence-electron chi connectivity index (χ2n) is 9.93. The van der Waals surface area contributed by atoms with Crippen LogP contribution in [0.2, 0.25) is 5.02 Å². The second-order valence-corrected chi connectivity index (χ2v) is 12.2. The van der Waals surface area contributed by atoms with Crippen molar-refractivity contribution in [2.24, 2.45) is 0 Å². The van der Waals surface area contributed by atoms with Crippen LogP contribution in [-0.4, -0.2) is 44.3 Å². The van der Waals surface area contributed by atoms with Crippen LogP contribution in [0.1, 0.15) is 57.6 Å². The normalized spacial score (nSPS) is 12.2. The first-order chi connectivity index (χ1) is 19.1. The summed E-state index contributed by atoms with van der Waals surface area (Å²) in [6, 6.07) is 21.5. The highest BCUT2D eigenvalue weighted by Gasteiger charge is 2.33. The number of amides is 2. The van der Waals surface area contributed by atoms with E-state index in [-0.39, 0.29) is 23.3 Å². The number of halogens is 1. The Hall–Kier alpha value is -3.36. The maximum absolute atomic E-state index is 14.0. The van der Waals surface area contributed by atoms with Gasteiger partial charge in [-0.1, -0.05) is 81.8 Å². The summed E-state index contributed by atoms with van der Waals surface area (Å²) in [5.41, 5.74) is 2.20. The highest BCUT2D eigenvalue weighted by atomic mass is 35.5. The number of hydrogen-bond acceptors (Lipinski definition) is 4. The van der Waals surface area contributed by atoms with Crippen molar-refractivity contribution in [1.29, 1.82) is 0 Å². The molecule has 9 heteroatoms. The maximum atomic E-state index is 14.0. The smallest absolute Gasteiger partial charge is 0.264 e. The van der Waals surface area contributed by atoms with Crippen LogP contribution >= 0.6 is 11.6 Å². The fourth-order valence-electron chi connectivity index (χ4n) is 4.35. The van der Waals surface area contributed by atoms with Crippen molar-refractivity contribution in [3.63, 3.8) is 0 Å². The minimum atomic E-state index is -4.09. The molecule has 0 aliphatic carbocycles. The number of benzene rings is 3. The molecule has 0 saturated carbocycles. The van der Waals surface area contributed by atoms with Crippen LogP contribution in [0.3, 0.4) is 0 Å². The highest BCUT2D eigenvalue weighted by molar-refractivity contribution is 7.92. The van der Waals surface area contributed by atoms with Gasteiger partial charge in [-0.15, -0.1) is 0 Å². The van der Waals surface area contributed by atoms with E-state index in [1.165, 1.54) is 17.0 Å². The summed E-state index contributed by atoms with van der Waals surface area (Å²) in [6.45, 7) is 8.04. The lowest BCUT2D eigenvalue weighted by Gasteiger charge is -2.33. The predicted octanol–water partition coefficient (Wildman–Crippen LogP) is 5.99. The van der Waals surface area contributed by atoms with Crippen LogP contribution < -0.4 is 9.62 Å². The van der Waals surface area contributed by atoms with Gasteiger partial charge in [0.25, 0.3) is 10.0 Å². The molecular formula is C31H38ClN3O4S. The molecule has 1 N–H and O–H groups in total. The summed E-state index contributed by atoms with van der Waals surface area (Å²) in [5.74, 6) is -0.497. The molecule has 0 saturated heterocycles. The molecule has 0 aliphatic heterocycles. The largest absolute Gasteiger partial charge is 0.354 e. The summed E-state index contributed by atoms with van der Waals surface area (Å²) in [6.07, 6.45) is 1.12. The lowest BCUT2D eigenvalue weighted by molar-refractivity contribution is -0.140. The third-order valence-electron chi connectivity index (χ3n) is 6.66. The zero-order valence-corrected chi connectivity index (χ0v) is 25.1. The highest BCUT2D eigenvalue weighted by Crippen LogP contribution is 2.27. The summed E-state index contributed by atoms with van der Waals surface area (Å²) >= 11 is 6.07. The third-order valence-corrected chi connectivity index (χ3v) is 8.70. The van der Waals surface area contributed by atoms with E-state index < -0.39 is 28.5 Å². The van der Waals surface area contributed by atoms with E-state index >= 15 is 0 Å². The molecule has 0 fully saturated rings. The van der Waals surface area contributed by atoms with Crippen molar-refractivity contribution in [2.45, 2.75) is 63.9 Å². The first-order valence-electron chi connectivity index (χ1n) is 13.6. The molecule has 0 spiro atoms. The summed E-state index contributed by atoms with van der Waals surface area (Å²) < 4.78 is 28.9. The Labute approximate surface area is 243 Å². The van der Waals surface area contributed by atoms with E-state index in [1.807, 2.05) is 26.0 Å². The van der Waals surface area contributed by atoms with Crippen molar-refractivity contribution in [2.75, 3.05) is 17.4 Å². The average molecular weight is 584 g/mol. The molecular weight excluding hydrogens is 546 g/mol. The van der Waals surface area contributed by atoms with E-state index in [9.17, 15) is 18.0 Å². The Morgan fingerprint density at radius 3 is 2.08 bits per heavy atom. The number of hydrogen-bond donors (Lipinski definition) is 1. The van der Waals surface area contributed by atoms with Gasteiger partial charge in [-0.05, 0) is 66.3 Å². The maximum Gasteiger partial charge on any atom is 0.264 e. The summed E-state index contributed by atoms with van der Waals surface area (Å²) in [7, 11) is -4.09. The van der Waals surface area contributed by atoms with Gasteiger partial charge in [0.05, 0.1) is 10.6 Å². The molecule has 0 radical (unpaired) electrons. The van der Waals surface area contributed by atoms with Gasteiger partial charge >= 0.3 is 0 Å². The molecule has 2 amide bonds. The Morgan fingerprint density at radius 1 is 0.900 bits per heavy atom. The van der Waals surface area contributed by atoms with Crippen LogP contribution in [0.25, 0.3) is 0 Å². The molecule has 1 unspecified atom stereocenters. The number of nitrogens with one attached hydrogen (secondary N) is 1. The SMILES string of the molecule is CCCNC(=O)C(CC)N(Cc1ccc(Cl)cc1)C(=O)CN(c1ccc(C(C)C)cc1)S(=O)(=O)c1ccccc1. The molecule has 1 atom stereocenters. The topological polar surface area (TPSA) is 86.8 Å². The molecule has 0 aliphatic rings. The summed E-state index contributed by atoms with van der Waals surface area (Å²) in [4.78, 5) is 28.7. The quantitative estimate of drug-likeness (QED) is 0.268. The predicted molar refractivity (Wildman–Crippen MR) is 161 cm³/mol. The Kier molecular flexibility index (Phi) is 11.2. The van der Waals surface area contributed by atoms with Crippen molar-refractivity contribution in [3.05, 3.63) is 95.0 Å². The number of carbonyl (C=O) groups is 2. The first-order valence-corrected chi connectivity index (χ1v) is 15.4. The number of carbonyl (C=O) groups excluding carboxylic acids is 2. The van der Waals surface area contributed by atoms with Gasteiger partial charge in [0.1, 0.15) is 12.6 Å². The zero-order valence-electron chi connectivity index (χ0n) is 23.5. The van der Waals surface area contributed by atoms with E-state index in [1.54, 1.807) is 54.6 Å². The molecule has 3 aromatic carbocycles. The summed E-state index contributed by atoms with van der Waals surface area (Å²) in [5, 5.41) is 3.44. The molecule has 3 rings (SSSR count). The van der Waals surface area contributed by atoms with E-state index in [4.69, 9.17) is 11.6 Å². The molecule has 3 aromatic rings. The number of rotatable bonds is 13. The Balaban J connectivity index is 2.04. The zero-order chi connectivity index (χ0) is 29.3. The Bertz CT molecular complexity index is 1360. The lowest BCUT2D eigenvalue weighted by atomic mass is 10.0. The fourth-order valence-corrected chi connectivity index (χ4v) is 5.91. The van der Waals surface area contributed by atoms with E-state index in [0.29, 0.717) is 23.7 Å². The van der Waals surface area contributed by atoms with E-state index in [0.717, 1.165) is 21.9 Å². The number of nitrogens with zero attached hydrogens (tertiary/aromatic N) is 2. The van der Waals surface area contributed by atoms with E-state index in [2.05, 4.69) is 19.2 Å². The lowest BCUT2D eigenvalue weighted by Crippen LogP contribution is -2.52. The minimum absolute atomic E-state index is 0.0766. The van der Waals surface area contributed by atoms with Crippen molar-refractivity contribution < 1.29 is 18.0 Å². The van der Waals surface area contributed by atoms with Crippen LogP contribution in [0.15, 0.2) is 83.8 Å². The molecule has 0 heterocycles. The second kappa shape index (κ2) is 14.3. The van der Waals surface area contributed by atoms with Crippen molar-refractivity contribution >= 4 is 39.1 Å². The van der Waals surface area contributed by atoms with Crippen molar-refractivity contribution in [1.82, 2.24) is 10.2 Å². The van der Waals surface area contributed by atoms with Gasteiger partial charge in [-0.2, -0.15) is 0 Å². The Morgan fingerprint density at radius 2 is 1.52 bits per heavy atom. The first kappa shape index (κ1) is 31.2. The molecule has 214 valence electrons. The van der Waals surface area contributed by atoms with Gasteiger partial charge in [-0.3, -0.25) is 13.9 Å². The molecule has 0 bridgehead atoms. The van der Waals surface area contributed by atoms with Gasteiger partial charge < -0.3 is 10.2 Å². The van der Waals surface area contributed by atoms with Crippen LogP contribution in [0, 0.1) is 0 Å². The average Bonchev–Trinajstić information content (AvgIpc) is 2.96. The van der Waals surface area contributed by atoms with Crippen molar-refractivity contribution in [3.8, 4) is 0 Å². The molecule has 40 heavy (non-hydrogen) atoms. The van der Waals surface area contributed by atoms with Gasteiger partial charge in [0, 0.05) is 18.1 Å². The third kappa shape index (κ3) is 7.86. The number of anilines is 1. The number of sulfonamides is 1. The van der Waals surface area contributed by atoms with Crippen LogP contribution in [0.4, 0.5) is 5.69 Å². The van der Waals surface area contributed by atoms with Crippen LogP contribution in [-0.2, 0) is 26.2 Å². The fraction of sp³-hybridized carbons (Fsp3) is 0.355. The molecule has 7 nitrogen and oxygen atoms in total. The van der Waals surface area contributed by atoms with Crippen LogP contribution in [0.5, 0.6) is 0 Å². The minimum Gasteiger partial charge on any atom is -0.354 e. The molecule has 0 aromatic heterocycles. The van der Waals surface area contributed by atoms with Gasteiger partial charge in [-0.25, -0.2) is 8.42 Å². The monoisotopic (exact) mass is 583 g/mol. The van der Waals surface area contributed by atoms with Gasteiger partial charge in [0.15, 0.2) is 0 Å². The van der Waals surface area contributed by atoms with Gasteiger partial charge in [0.2, 0.25) is 11.8 Å².